The van der Waals surface area contributed by atoms with Gasteiger partial charge >= 0.3 is 12.1 Å². The summed E-state index contributed by atoms with van der Waals surface area (Å²) in [5.41, 5.74) is -0.702. The number of fused-ring (bicyclic) bond motifs is 2. The standard InChI is InChI=1S/C23H20F3NO4/c1-21(2)16-12-15(23(24,25)26)6-7-17(16)27(3)22(21)10-9-13-11-14(5-8-18(13)31-22)19(28)20(29)30-4/h5-12H,1-4H3. The van der Waals surface area contributed by atoms with Crippen molar-refractivity contribution in [2.45, 2.75) is 31.2 Å². The summed E-state index contributed by atoms with van der Waals surface area (Å²) in [6.07, 6.45) is -0.922. The number of rotatable bonds is 2. The molecular weight excluding hydrogens is 411 g/mol. The van der Waals surface area contributed by atoms with Gasteiger partial charge in [-0.25, -0.2) is 4.79 Å². The van der Waals surface area contributed by atoms with Crippen LogP contribution in [0.5, 0.6) is 5.75 Å². The quantitative estimate of drug-likeness (QED) is 0.396. The molecule has 2 aromatic carbocycles. The summed E-state index contributed by atoms with van der Waals surface area (Å²) < 4.78 is 50.7. The first-order valence-corrected chi connectivity index (χ1v) is 9.53. The predicted octanol–water partition coefficient (Wildman–Crippen LogP) is 4.59. The number of ketones is 1. The van der Waals surface area contributed by atoms with E-state index in [9.17, 15) is 22.8 Å². The molecule has 4 rings (SSSR count). The Labute approximate surface area is 177 Å². The minimum Gasteiger partial charge on any atom is -0.463 e. The lowest BCUT2D eigenvalue weighted by Crippen LogP contribution is -2.58. The molecule has 0 N–H and O–H groups in total. The highest BCUT2D eigenvalue weighted by Gasteiger charge is 2.58. The number of halogens is 3. The summed E-state index contributed by atoms with van der Waals surface area (Å²) in [4.78, 5) is 25.4. The lowest BCUT2D eigenvalue weighted by atomic mass is 9.76. The van der Waals surface area contributed by atoms with Crippen LogP contribution in [0.4, 0.5) is 18.9 Å². The highest BCUT2D eigenvalue weighted by Crippen LogP contribution is 2.55. The second-order valence-corrected chi connectivity index (χ2v) is 8.12. The molecule has 0 radical (unpaired) electrons. The van der Waals surface area contributed by atoms with Gasteiger partial charge in [0.25, 0.3) is 5.78 Å². The molecule has 2 aliphatic heterocycles. The number of benzene rings is 2. The van der Waals surface area contributed by atoms with E-state index in [0.29, 0.717) is 22.6 Å². The molecule has 2 heterocycles. The number of carbonyl (C=O) groups excluding carboxylic acids is 2. The van der Waals surface area contributed by atoms with Gasteiger partial charge in [0, 0.05) is 23.9 Å². The number of anilines is 1. The van der Waals surface area contributed by atoms with Crippen molar-refractivity contribution in [1.29, 1.82) is 0 Å². The lowest BCUT2D eigenvalue weighted by Gasteiger charge is -2.45. The number of likely N-dealkylation sites (N-methyl/N-ethyl adjacent to an activating group) is 1. The monoisotopic (exact) mass is 431 g/mol. The first-order valence-electron chi connectivity index (χ1n) is 9.53. The first-order chi connectivity index (χ1) is 14.4. The fraction of sp³-hybridized carbons (Fsp3) is 0.304. The average Bonchev–Trinajstić information content (AvgIpc) is 2.89. The minimum absolute atomic E-state index is 0.159. The smallest absolute Gasteiger partial charge is 0.416 e. The van der Waals surface area contributed by atoms with E-state index >= 15 is 0 Å². The Hall–Kier alpha value is -3.29. The van der Waals surface area contributed by atoms with Crippen LogP contribution in [-0.2, 0) is 21.1 Å². The van der Waals surface area contributed by atoms with E-state index in [1.165, 1.54) is 24.3 Å². The molecule has 8 heteroatoms. The van der Waals surface area contributed by atoms with E-state index in [1.807, 2.05) is 18.7 Å². The maximum Gasteiger partial charge on any atom is 0.416 e. The van der Waals surface area contributed by atoms with Crippen LogP contribution in [-0.4, -0.2) is 31.6 Å². The van der Waals surface area contributed by atoms with Crippen molar-refractivity contribution in [2.24, 2.45) is 0 Å². The number of alkyl halides is 3. The molecule has 2 aromatic rings. The van der Waals surface area contributed by atoms with Crippen LogP contribution in [0.3, 0.4) is 0 Å². The molecule has 1 unspecified atom stereocenters. The van der Waals surface area contributed by atoms with Crippen molar-refractivity contribution in [2.75, 3.05) is 19.1 Å². The summed E-state index contributed by atoms with van der Waals surface area (Å²) in [6, 6.07) is 8.25. The minimum atomic E-state index is -4.45. The van der Waals surface area contributed by atoms with Crippen LogP contribution >= 0.6 is 0 Å². The zero-order chi connectivity index (χ0) is 22.8. The number of ether oxygens (including phenoxy) is 2. The van der Waals surface area contributed by atoms with Crippen LogP contribution in [0.25, 0.3) is 6.08 Å². The topological polar surface area (TPSA) is 55.8 Å². The Kier molecular flexibility index (Phi) is 4.46. The maximum absolute atomic E-state index is 13.3. The zero-order valence-electron chi connectivity index (χ0n) is 17.3. The van der Waals surface area contributed by atoms with Crippen LogP contribution < -0.4 is 9.64 Å². The third kappa shape index (κ3) is 2.92. The number of methoxy groups -OCH3 is 1. The number of hydrogen-bond donors (Lipinski definition) is 0. The van der Waals surface area contributed by atoms with Gasteiger partial charge in [0.05, 0.1) is 18.1 Å². The van der Waals surface area contributed by atoms with Gasteiger partial charge in [0.15, 0.2) is 0 Å². The predicted molar refractivity (Wildman–Crippen MR) is 108 cm³/mol. The average molecular weight is 431 g/mol. The van der Waals surface area contributed by atoms with Crippen LogP contribution in [0, 0.1) is 0 Å². The van der Waals surface area contributed by atoms with Crippen LogP contribution in [0.2, 0.25) is 0 Å². The molecule has 2 aliphatic rings. The Morgan fingerprint density at radius 2 is 1.81 bits per heavy atom. The Morgan fingerprint density at radius 1 is 1.10 bits per heavy atom. The Morgan fingerprint density at radius 3 is 2.45 bits per heavy atom. The number of Topliss-reactive ketones (excluding diaryl/α,β-unsaturated/α-hetero) is 1. The van der Waals surface area contributed by atoms with E-state index in [0.717, 1.165) is 13.2 Å². The van der Waals surface area contributed by atoms with Gasteiger partial charge in [-0.05, 0) is 68.0 Å². The normalized spacial score (nSPS) is 20.8. The lowest BCUT2D eigenvalue weighted by molar-refractivity contribution is -0.137. The molecule has 31 heavy (non-hydrogen) atoms. The summed E-state index contributed by atoms with van der Waals surface area (Å²) in [5, 5.41) is 0. The fourth-order valence-electron chi connectivity index (χ4n) is 4.34. The summed E-state index contributed by atoms with van der Waals surface area (Å²) in [7, 11) is 2.90. The van der Waals surface area contributed by atoms with Gasteiger partial charge in [-0.3, -0.25) is 4.79 Å². The van der Waals surface area contributed by atoms with E-state index in [1.54, 1.807) is 25.3 Å². The first kappa shape index (κ1) is 21.0. The molecular formula is C23H20F3NO4. The van der Waals surface area contributed by atoms with Gasteiger partial charge in [-0.15, -0.1) is 0 Å². The van der Waals surface area contributed by atoms with Crippen molar-refractivity contribution in [3.8, 4) is 5.75 Å². The highest BCUT2D eigenvalue weighted by molar-refractivity contribution is 6.40. The molecule has 1 atom stereocenters. The molecule has 162 valence electrons. The molecule has 0 amide bonds. The number of nitrogens with zero attached hydrogens (tertiary/aromatic N) is 1. The summed E-state index contributed by atoms with van der Waals surface area (Å²) in [5.74, 6) is -1.29. The molecule has 0 fully saturated rings. The van der Waals surface area contributed by atoms with Crippen molar-refractivity contribution in [3.05, 3.63) is 64.7 Å². The number of carbonyl (C=O) groups is 2. The van der Waals surface area contributed by atoms with Gasteiger partial charge in [-0.2, -0.15) is 13.2 Å². The molecule has 0 saturated carbocycles. The van der Waals surface area contributed by atoms with Gasteiger partial charge in [-0.1, -0.05) is 0 Å². The second-order valence-electron chi connectivity index (χ2n) is 8.12. The van der Waals surface area contributed by atoms with Crippen LogP contribution in [0.15, 0.2) is 42.5 Å². The second kappa shape index (κ2) is 6.60. The largest absolute Gasteiger partial charge is 0.463 e. The highest BCUT2D eigenvalue weighted by atomic mass is 19.4. The van der Waals surface area contributed by atoms with Crippen LogP contribution in [0.1, 0.15) is 40.9 Å². The van der Waals surface area contributed by atoms with Crippen molar-refractivity contribution in [1.82, 2.24) is 0 Å². The molecule has 0 aromatic heterocycles. The van der Waals surface area contributed by atoms with Crippen molar-refractivity contribution in [3.63, 3.8) is 0 Å². The number of esters is 1. The summed E-state index contributed by atoms with van der Waals surface area (Å²) in [6.45, 7) is 3.67. The fourth-order valence-corrected chi connectivity index (χ4v) is 4.34. The summed E-state index contributed by atoms with van der Waals surface area (Å²) >= 11 is 0. The Balaban J connectivity index is 1.76. The zero-order valence-corrected chi connectivity index (χ0v) is 17.3. The third-order valence-corrected chi connectivity index (χ3v) is 6.15. The van der Waals surface area contributed by atoms with E-state index < -0.39 is 34.6 Å². The van der Waals surface area contributed by atoms with E-state index in [-0.39, 0.29) is 5.56 Å². The third-order valence-electron chi connectivity index (χ3n) is 6.15. The molecule has 0 aliphatic carbocycles. The van der Waals surface area contributed by atoms with E-state index in [2.05, 4.69) is 4.74 Å². The van der Waals surface area contributed by atoms with Gasteiger partial charge < -0.3 is 14.4 Å². The molecule has 0 saturated heterocycles. The van der Waals surface area contributed by atoms with Crippen molar-refractivity contribution < 1.29 is 32.2 Å². The SMILES string of the molecule is COC(=O)C(=O)c1ccc2c(c1)C=CC1(O2)N(C)c2ccc(C(F)(F)F)cc2C1(C)C. The molecule has 1 spiro atoms. The number of hydrogen-bond acceptors (Lipinski definition) is 5. The van der Waals surface area contributed by atoms with Gasteiger partial charge in [0.1, 0.15) is 5.75 Å². The molecule has 0 bridgehead atoms. The van der Waals surface area contributed by atoms with E-state index in [4.69, 9.17) is 4.74 Å². The Bertz CT molecular complexity index is 1140. The maximum atomic E-state index is 13.3. The van der Waals surface area contributed by atoms with Crippen molar-refractivity contribution >= 4 is 23.5 Å². The molecule has 5 nitrogen and oxygen atoms in total. The van der Waals surface area contributed by atoms with Gasteiger partial charge in [0.2, 0.25) is 5.72 Å².